The van der Waals surface area contributed by atoms with Crippen molar-refractivity contribution in [1.82, 2.24) is 0 Å². The van der Waals surface area contributed by atoms with E-state index in [1.165, 1.54) is 36.1 Å². The standard InChI is InChI=1S/C21H26N/c1-18(2)21-14-9-15-22(21,16-19-10-5-3-6-11-19)17-20-12-7-4-8-13-20/h3-8,10-13,21H,1,9,14-17H2,2H3/q+1. The van der Waals surface area contributed by atoms with E-state index >= 15 is 0 Å². The molecule has 1 aliphatic heterocycles. The van der Waals surface area contributed by atoms with Crippen molar-refractivity contribution in [2.45, 2.75) is 38.9 Å². The molecule has 1 saturated heterocycles. The Bertz CT molecular complexity index is 573. The third-order valence-electron chi connectivity index (χ3n) is 4.99. The second kappa shape index (κ2) is 6.50. The van der Waals surface area contributed by atoms with Crippen LogP contribution in [-0.4, -0.2) is 17.1 Å². The molecular weight excluding hydrogens is 266 g/mol. The first-order chi connectivity index (χ1) is 10.7. The fourth-order valence-electron chi connectivity index (χ4n) is 4.07. The first kappa shape index (κ1) is 15.1. The van der Waals surface area contributed by atoms with Crippen molar-refractivity contribution >= 4 is 0 Å². The van der Waals surface area contributed by atoms with Gasteiger partial charge in [-0.15, -0.1) is 0 Å². The minimum Gasteiger partial charge on any atom is -0.310 e. The molecule has 1 unspecified atom stereocenters. The van der Waals surface area contributed by atoms with Crippen LogP contribution < -0.4 is 0 Å². The zero-order valence-electron chi connectivity index (χ0n) is 13.5. The van der Waals surface area contributed by atoms with E-state index in [-0.39, 0.29) is 0 Å². The quantitative estimate of drug-likeness (QED) is 0.541. The van der Waals surface area contributed by atoms with Gasteiger partial charge in [-0.25, -0.2) is 0 Å². The van der Waals surface area contributed by atoms with Crippen molar-refractivity contribution in [2.75, 3.05) is 6.54 Å². The molecule has 1 nitrogen and oxygen atoms in total. The SMILES string of the molecule is C=C(C)C1CCC[N+]1(Cc1ccccc1)Cc1ccccc1. The second-order valence-corrected chi connectivity index (χ2v) is 6.73. The van der Waals surface area contributed by atoms with Crippen LogP contribution in [0.25, 0.3) is 0 Å². The van der Waals surface area contributed by atoms with Gasteiger partial charge in [0.2, 0.25) is 0 Å². The normalized spacial score (nSPS) is 20.0. The van der Waals surface area contributed by atoms with Gasteiger partial charge in [0, 0.05) is 24.0 Å². The van der Waals surface area contributed by atoms with Crippen LogP contribution in [0.5, 0.6) is 0 Å². The van der Waals surface area contributed by atoms with Crippen molar-refractivity contribution in [3.63, 3.8) is 0 Å². The molecule has 1 atom stereocenters. The van der Waals surface area contributed by atoms with Crippen LogP contribution in [0, 0.1) is 0 Å². The predicted octanol–water partition coefficient (Wildman–Crippen LogP) is 4.94. The van der Waals surface area contributed by atoms with Gasteiger partial charge in [-0.2, -0.15) is 0 Å². The fraction of sp³-hybridized carbons (Fsp3) is 0.333. The Morgan fingerprint density at radius 1 is 0.955 bits per heavy atom. The monoisotopic (exact) mass is 292 g/mol. The number of rotatable bonds is 5. The van der Waals surface area contributed by atoms with Gasteiger partial charge in [-0.05, 0) is 12.5 Å². The third-order valence-corrected chi connectivity index (χ3v) is 4.99. The topological polar surface area (TPSA) is 0 Å². The zero-order chi connectivity index (χ0) is 15.4. The Labute approximate surface area is 134 Å². The number of hydrogen-bond donors (Lipinski definition) is 0. The summed E-state index contributed by atoms with van der Waals surface area (Å²) in [5, 5.41) is 0. The van der Waals surface area contributed by atoms with E-state index in [0.29, 0.717) is 6.04 Å². The van der Waals surface area contributed by atoms with Crippen LogP contribution in [0.1, 0.15) is 30.9 Å². The molecule has 114 valence electrons. The molecular formula is C21H26N+. The number of benzene rings is 2. The summed E-state index contributed by atoms with van der Waals surface area (Å²) in [6.07, 6.45) is 2.58. The highest BCUT2D eigenvalue weighted by Crippen LogP contribution is 2.35. The highest BCUT2D eigenvalue weighted by molar-refractivity contribution is 5.16. The Balaban J connectivity index is 1.93. The molecule has 0 N–H and O–H groups in total. The van der Waals surface area contributed by atoms with Crippen LogP contribution in [0.4, 0.5) is 0 Å². The summed E-state index contributed by atoms with van der Waals surface area (Å²) in [6.45, 7) is 9.97. The molecule has 0 saturated carbocycles. The molecule has 1 heterocycles. The van der Waals surface area contributed by atoms with Crippen LogP contribution >= 0.6 is 0 Å². The van der Waals surface area contributed by atoms with E-state index in [9.17, 15) is 0 Å². The maximum atomic E-state index is 4.30. The maximum Gasteiger partial charge on any atom is 0.111 e. The van der Waals surface area contributed by atoms with Crippen LogP contribution in [0.2, 0.25) is 0 Å². The first-order valence-corrected chi connectivity index (χ1v) is 8.29. The summed E-state index contributed by atoms with van der Waals surface area (Å²) >= 11 is 0. The molecule has 0 amide bonds. The van der Waals surface area contributed by atoms with E-state index in [1.807, 2.05) is 0 Å². The summed E-state index contributed by atoms with van der Waals surface area (Å²) in [4.78, 5) is 0. The Kier molecular flexibility index (Phi) is 4.44. The van der Waals surface area contributed by atoms with Gasteiger partial charge in [0.25, 0.3) is 0 Å². The lowest BCUT2D eigenvalue weighted by Gasteiger charge is -2.41. The molecule has 22 heavy (non-hydrogen) atoms. The highest BCUT2D eigenvalue weighted by atomic mass is 15.4. The lowest BCUT2D eigenvalue weighted by atomic mass is 10.0. The smallest absolute Gasteiger partial charge is 0.111 e. The lowest BCUT2D eigenvalue weighted by Crippen LogP contribution is -2.50. The molecule has 1 fully saturated rings. The largest absolute Gasteiger partial charge is 0.310 e. The predicted molar refractivity (Wildman–Crippen MR) is 93.3 cm³/mol. The molecule has 2 aromatic rings. The molecule has 0 spiro atoms. The molecule has 1 heteroatoms. The van der Waals surface area contributed by atoms with Gasteiger partial charge < -0.3 is 4.48 Å². The van der Waals surface area contributed by atoms with E-state index in [1.54, 1.807) is 0 Å². The molecule has 0 aromatic heterocycles. The van der Waals surface area contributed by atoms with Gasteiger partial charge in [0.15, 0.2) is 0 Å². The van der Waals surface area contributed by atoms with Crippen LogP contribution in [0.3, 0.4) is 0 Å². The highest BCUT2D eigenvalue weighted by Gasteiger charge is 2.42. The molecule has 0 bridgehead atoms. The number of hydrogen-bond acceptors (Lipinski definition) is 0. The Morgan fingerprint density at radius 3 is 1.91 bits per heavy atom. The zero-order valence-corrected chi connectivity index (χ0v) is 13.5. The summed E-state index contributed by atoms with van der Waals surface area (Å²) in [6, 6.07) is 22.5. The average Bonchev–Trinajstić information content (AvgIpc) is 2.92. The number of nitrogens with zero attached hydrogens (tertiary/aromatic N) is 1. The summed E-state index contributed by atoms with van der Waals surface area (Å²) in [5.74, 6) is 0. The van der Waals surface area contributed by atoms with Gasteiger partial charge in [-0.3, -0.25) is 0 Å². The van der Waals surface area contributed by atoms with Crippen LogP contribution in [0.15, 0.2) is 72.8 Å². The second-order valence-electron chi connectivity index (χ2n) is 6.73. The van der Waals surface area contributed by atoms with Crippen molar-refractivity contribution in [3.8, 4) is 0 Å². The van der Waals surface area contributed by atoms with Crippen LogP contribution in [-0.2, 0) is 13.1 Å². The first-order valence-electron chi connectivity index (χ1n) is 8.29. The molecule has 0 radical (unpaired) electrons. The molecule has 2 aromatic carbocycles. The summed E-state index contributed by atoms with van der Waals surface area (Å²) < 4.78 is 1.13. The van der Waals surface area contributed by atoms with E-state index in [0.717, 1.165) is 17.6 Å². The summed E-state index contributed by atoms with van der Waals surface area (Å²) in [5.41, 5.74) is 4.21. The van der Waals surface area contributed by atoms with Gasteiger partial charge in [-0.1, -0.05) is 67.2 Å². The Hall–Kier alpha value is -1.86. The van der Waals surface area contributed by atoms with Gasteiger partial charge >= 0.3 is 0 Å². The lowest BCUT2D eigenvalue weighted by molar-refractivity contribution is -0.959. The number of quaternary nitrogens is 1. The minimum absolute atomic E-state index is 0.584. The molecule has 0 aliphatic carbocycles. The van der Waals surface area contributed by atoms with Gasteiger partial charge in [0.05, 0.1) is 6.54 Å². The van der Waals surface area contributed by atoms with Crippen molar-refractivity contribution in [3.05, 3.63) is 83.9 Å². The average molecular weight is 292 g/mol. The maximum absolute atomic E-state index is 4.30. The van der Waals surface area contributed by atoms with Gasteiger partial charge in [0.1, 0.15) is 19.1 Å². The van der Waals surface area contributed by atoms with E-state index in [4.69, 9.17) is 0 Å². The fourth-order valence-corrected chi connectivity index (χ4v) is 4.07. The van der Waals surface area contributed by atoms with E-state index < -0.39 is 0 Å². The van der Waals surface area contributed by atoms with E-state index in [2.05, 4.69) is 74.2 Å². The summed E-state index contributed by atoms with van der Waals surface area (Å²) in [7, 11) is 0. The molecule has 3 rings (SSSR count). The van der Waals surface area contributed by atoms with Crippen molar-refractivity contribution in [1.29, 1.82) is 0 Å². The third kappa shape index (κ3) is 3.15. The van der Waals surface area contributed by atoms with Crippen molar-refractivity contribution < 1.29 is 4.48 Å². The minimum atomic E-state index is 0.584. The van der Waals surface area contributed by atoms with Crippen molar-refractivity contribution in [2.24, 2.45) is 0 Å². The molecule has 1 aliphatic rings. The Morgan fingerprint density at radius 2 is 1.45 bits per heavy atom. The number of likely N-dealkylation sites (tertiary alicyclic amines) is 1.